The molecule has 0 aliphatic carbocycles. The second-order valence-corrected chi connectivity index (χ2v) is 12.5. The Morgan fingerprint density at radius 3 is 1.57 bits per heavy atom. The standard InChI is InChI=1S/C18H15OP.C16H10F3NO3.Eu/c19-20(16-10-4-1-5-11-16,17-12-6-2-7-13-17)18-14-8-3-9-15-18;1-20-12-9-5-3-2-4-8(9)6-7-10(12)13(21)11(15(20)23)14(22)16(17,18)19;/h1-15H;2-7,21H,1H3;. The van der Waals surface area contributed by atoms with Crippen molar-refractivity contribution in [3.63, 3.8) is 0 Å². The summed E-state index contributed by atoms with van der Waals surface area (Å²) in [5.74, 6) is -3.30. The van der Waals surface area contributed by atoms with Crippen molar-refractivity contribution in [2.24, 2.45) is 7.05 Å². The number of halogens is 3. The van der Waals surface area contributed by atoms with Crippen LogP contribution in [0.2, 0.25) is 0 Å². The quantitative estimate of drug-likeness (QED) is 0.127. The molecule has 0 amide bonds. The zero-order valence-corrected chi connectivity index (χ0v) is 26.5. The summed E-state index contributed by atoms with van der Waals surface area (Å²) in [5.41, 5.74) is -2.18. The number of carbonyl (C=O) groups is 1. The first kappa shape index (κ1) is 33.5. The van der Waals surface area contributed by atoms with Crippen molar-refractivity contribution in [1.29, 1.82) is 0 Å². The largest absolute Gasteiger partial charge is 0.506 e. The van der Waals surface area contributed by atoms with Crippen LogP contribution in [-0.2, 0) is 11.6 Å². The molecule has 44 heavy (non-hydrogen) atoms. The van der Waals surface area contributed by atoms with E-state index in [9.17, 15) is 32.4 Å². The maximum absolute atomic E-state index is 13.8. The van der Waals surface area contributed by atoms with Gasteiger partial charge in [-0.05, 0) is 11.5 Å². The summed E-state index contributed by atoms with van der Waals surface area (Å²) in [6.07, 6.45) is -5.24. The second kappa shape index (κ2) is 13.7. The molecule has 5 aromatic carbocycles. The summed E-state index contributed by atoms with van der Waals surface area (Å²) in [4.78, 5) is 23.7. The fourth-order valence-corrected chi connectivity index (χ4v) is 7.69. The van der Waals surface area contributed by atoms with Crippen LogP contribution in [0.1, 0.15) is 10.4 Å². The Bertz CT molecular complexity index is 1950. The van der Waals surface area contributed by atoms with E-state index in [1.165, 1.54) is 13.1 Å². The monoisotopic (exact) mass is 752 g/mol. The maximum atomic E-state index is 13.8. The molecule has 6 aromatic rings. The van der Waals surface area contributed by atoms with E-state index in [1.54, 1.807) is 30.3 Å². The predicted molar refractivity (Wildman–Crippen MR) is 165 cm³/mol. The third-order valence-electron chi connectivity index (χ3n) is 7.09. The third-order valence-corrected chi connectivity index (χ3v) is 10.2. The molecule has 0 unspecified atom stereocenters. The number of fused-ring (bicyclic) bond motifs is 3. The van der Waals surface area contributed by atoms with Gasteiger partial charge in [0.05, 0.1) is 5.52 Å². The van der Waals surface area contributed by atoms with Crippen LogP contribution in [0, 0.1) is 49.4 Å². The fourth-order valence-electron chi connectivity index (χ4n) is 5.02. The number of Topliss-reactive ketones (excluding diaryl/α,β-unsaturated/α-hetero) is 1. The molecule has 0 saturated heterocycles. The number of pyridine rings is 1. The molecule has 0 aliphatic heterocycles. The van der Waals surface area contributed by atoms with Gasteiger partial charge in [0.1, 0.15) is 11.3 Å². The Morgan fingerprint density at radius 1 is 0.682 bits per heavy atom. The summed E-state index contributed by atoms with van der Waals surface area (Å²) in [7, 11) is -1.51. The number of hydrogen-bond donors (Lipinski definition) is 1. The van der Waals surface area contributed by atoms with E-state index in [0.717, 1.165) is 25.9 Å². The predicted octanol–water partition coefficient (Wildman–Crippen LogP) is 6.47. The average molecular weight is 752 g/mol. The zero-order chi connectivity index (χ0) is 30.8. The van der Waals surface area contributed by atoms with Crippen molar-refractivity contribution in [3.05, 3.63) is 143 Å². The molecule has 1 radical (unpaired) electrons. The summed E-state index contributed by atoms with van der Waals surface area (Å²) in [5, 5.41) is 14.1. The minimum absolute atomic E-state index is 0. The van der Waals surface area contributed by atoms with Crippen molar-refractivity contribution in [3.8, 4) is 5.75 Å². The Kier molecular flexibility index (Phi) is 10.5. The molecule has 0 saturated carbocycles. The number of aryl methyl sites for hydroxylation is 1. The SMILES string of the molecule is Cn1c(=O)c(C(=O)C(F)(F)F)c(O)c2ccc3ccccc3c21.O=P(c1ccccc1)(c1ccccc1)c1ccccc1.[Eu]. The van der Waals surface area contributed by atoms with Gasteiger partial charge in [0.15, 0.2) is 7.14 Å². The number of carbonyl (C=O) groups excluding carboxylic acids is 1. The van der Waals surface area contributed by atoms with Gasteiger partial charge in [-0.3, -0.25) is 9.59 Å². The number of ketones is 1. The molecule has 6 rings (SSSR count). The minimum atomic E-state index is -5.24. The number of hydrogen-bond acceptors (Lipinski definition) is 4. The van der Waals surface area contributed by atoms with Crippen molar-refractivity contribution in [1.82, 2.24) is 4.57 Å². The van der Waals surface area contributed by atoms with Crippen molar-refractivity contribution < 1.29 is 77.0 Å². The van der Waals surface area contributed by atoms with Crippen molar-refractivity contribution in [2.75, 3.05) is 0 Å². The number of benzene rings is 5. The molecule has 0 atom stereocenters. The molecular formula is C34H25EuF3NO4P. The summed E-state index contributed by atoms with van der Waals surface area (Å²) < 4.78 is 52.8. The average Bonchev–Trinajstić information content (AvgIpc) is 3.04. The van der Waals surface area contributed by atoms with E-state index in [2.05, 4.69) is 0 Å². The van der Waals surface area contributed by atoms with Gasteiger partial charge in [-0.1, -0.05) is 121 Å². The van der Waals surface area contributed by atoms with Gasteiger partial charge in [-0.2, -0.15) is 13.2 Å². The summed E-state index contributed by atoms with van der Waals surface area (Å²) in [6, 6.07) is 39.1. The third kappa shape index (κ3) is 6.38. The van der Waals surface area contributed by atoms with E-state index in [1.807, 2.05) is 91.0 Å². The van der Waals surface area contributed by atoms with Crippen LogP contribution in [0.5, 0.6) is 5.75 Å². The Balaban J connectivity index is 0.000000198. The first-order chi connectivity index (χ1) is 20.5. The molecular weight excluding hydrogens is 726 g/mol. The molecule has 5 nitrogen and oxygen atoms in total. The molecule has 0 aliphatic rings. The number of aromatic nitrogens is 1. The Labute approximate surface area is 291 Å². The van der Waals surface area contributed by atoms with Crippen molar-refractivity contribution in [2.45, 2.75) is 6.18 Å². The molecule has 1 aromatic heterocycles. The summed E-state index contributed by atoms with van der Waals surface area (Å²) in [6.45, 7) is 0. The van der Waals surface area contributed by atoms with Crippen LogP contribution in [-0.4, -0.2) is 21.6 Å². The number of aromatic hydroxyl groups is 1. The minimum Gasteiger partial charge on any atom is -0.506 e. The molecule has 0 fully saturated rings. The normalized spacial score (nSPS) is 11.4. The van der Waals surface area contributed by atoms with Gasteiger partial charge in [-0.15, -0.1) is 0 Å². The molecule has 223 valence electrons. The first-order valence-corrected chi connectivity index (χ1v) is 14.9. The van der Waals surface area contributed by atoms with E-state index in [0.29, 0.717) is 5.39 Å². The van der Waals surface area contributed by atoms with Gasteiger partial charge < -0.3 is 14.2 Å². The first-order valence-electron chi connectivity index (χ1n) is 13.2. The summed E-state index contributed by atoms with van der Waals surface area (Å²) >= 11 is 0. The van der Waals surface area contributed by atoms with Crippen molar-refractivity contribution >= 4 is 50.5 Å². The molecule has 0 bridgehead atoms. The van der Waals surface area contributed by atoms with Gasteiger partial charge in [0.25, 0.3) is 11.3 Å². The number of nitrogens with zero attached hydrogens (tertiary/aromatic N) is 1. The van der Waals surface area contributed by atoms with E-state index in [-0.39, 0.29) is 60.3 Å². The van der Waals surface area contributed by atoms with Gasteiger partial charge in [0.2, 0.25) is 0 Å². The number of alkyl halides is 3. The van der Waals surface area contributed by atoms with E-state index in [4.69, 9.17) is 0 Å². The van der Waals surface area contributed by atoms with Gasteiger partial charge in [0, 0.05) is 83.1 Å². The molecule has 0 spiro atoms. The molecule has 10 heteroatoms. The Hall–Kier alpha value is -3.36. The van der Waals surface area contributed by atoms with E-state index >= 15 is 0 Å². The Morgan fingerprint density at radius 2 is 1.11 bits per heavy atom. The van der Waals surface area contributed by atoms with Crippen LogP contribution in [0.15, 0.2) is 132 Å². The second-order valence-electron chi connectivity index (χ2n) is 9.71. The smallest absolute Gasteiger partial charge is 0.455 e. The zero-order valence-electron chi connectivity index (χ0n) is 23.2. The van der Waals surface area contributed by atoms with Crippen LogP contribution >= 0.6 is 7.14 Å². The molecule has 1 N–H and O–H groups in total. The van der Waals surface area contributed by atoms with E-state index < -0.39 is 36.0 Å². The fraction of sp³-hybridized carbons (Fsp3) is 0.0588. The van der Waals surface area contributed by atoms with Gasteiger partial charge in [-0.25, -0.2) is 0 Å². The van der Waals surface area contributed by atoms with Gasteiger partial charge >= 0.3 is 6.18 Å². The molecule has 1 heterocycles. The maximum Gasteiger partial charge on any atom is 0.455 e. The van der Waals surface area contributed by atoms with Crippen LogP contribution in [0.25, 0.3) is 21.7 Å². The van der Waals surface area contributed by atoms with Crippen LogP contribution < -0.4 is 21.5 Å². The topological polar surface area (TPSA) is 76.4 Å². The number of rotatable bonds is 4. The van der Waals surface area contributed by atoms with Crippen LogP contribution in [0.3, 0.4) is 0 Å². The van der Waals surface area contributed by atoms with Crippen LogP contribution in [0.4, 0.5) is 13.2 Å².